The average Bonchev–Trinajstić information content (AvgIpc) is 2.37. The molecule has 1 amide bonds. The maximum atomic E-state index is 13.4. The lowest BCUT2D eigenvalue weighted by Crippen LogP contribution is -2.37. The van der Waals surface area contributed by atoms with Crippen molar-refractivity contribution in [2.24, 2.45) is 11.7 Å². The molecule has 0 radical (unpaired) electrons. The molecule has 1 aliphatic carbocycles. The molecule has 3 nitrogen and oxygen atoms in total. The molecule has 1 fully saturated rings. The summed E-state index contributed by atoms with van der Waals surface area (Å²) in [7, 11) is 0. The van der Waals surface area contributed by atoms with Crippen molar-refractivity contribution in [3.8, 4) is 0 Å². The van der Waals surface area contributed by atoms with E-state index in [9.17, 15) is 13.6 Å². The van der Waals surface area contributed by atoms with Crippen LogP contribution in [0.4, 0.5) is 8.78 Å². The highest BCUT2D eigenvalue weighted by Gasteiger charge is 2.25. The van der Waals surface area contributed by atoms with E-state index in [1.807, 2.05) is 0 Å². The van der Waals surface area contributed by atoms with E-state index < -0.39 is 11.6 Å². The second kappa shape index (κ2) is 7.55. The summed E-state index contributed by atoms with van der Waals surface area (Å²) in [5.74, 6) is -1.45. The van der Waals surface area contributed by atoms with E-state index in [0.717, 1.165) is 25.3 Å². The summed E-state index contributed by atoms with van der Waals surface area (Å²) in [6.45, 7) is 0.0800. The molecule has 0 bridgehead atoms. The van der Waals surface area contributed by atoms with Gasteiger partial charge in [-0.15, -0.1) is 12.4 Å². The molecule has 0 heterocycles. The summed E-state index contributed by atoms with van der Waals surface area (Å²) >= 11 is 0. The molecule has 2 unspecified atom stereocenters. The minimum Gasteiger partial charge on any atom is -0.352 e. The van der Waals surface area contributed by atoms with Crippen LogP contribution >= 0.6 is 12.4 Å². The van der Waals surface area contributed by atoms with Crippen molar-refractivity contribution in [3.05, 3.63) is 35.4 Å². The molecule has 1 aliphatic rings. The first-order chi connectivity index (χ1) is 9.06. The molecule has 0 aliphatic heterocycles. The molecule has 112 valence electrons. The number of benzene rings is 1. The molecule has 2 atom stereocenters. The molecule has 6 heteroatoms. The van der Waals surface area contributed by atoms with Gasteiger partial charge in [0.2, 0.25) is 5.91 Å². The molecule has 1 aromatic carbocycles. The van der Waals surface area contributed by atoms with E-state index in [4.69, 9.17) is 5.73 Å². The Hall–Kier alpha value is -1.20. The van der Waals surface area contributed by atoms with Crippen LogP contribution in [0.1, 0.15) is 31.2 Å². The second-order valence-electron chi connectivity index (χ2n) is 5.08. The molecule has 20 heavy (non-hydrogen) atoms. The van der Waals surface area contributed by atoms with Gasteiger partial charge in [-0.1, -0.05) is 12.5 Å². The van der Waals surface area contributed by atoms with Gasteiger partial charge in [-0.3, -0.25) is 4.79 Å². The largest absolute Gasteiger partial charge is 0.352 e. The van der Waals surface area contributed by atoms with Gasteiger partial charge in [0, 0.05) is 30.1 Å². The van der Waals surface area contributed by atoms with Crippen LogP contribution in [0.3, 0.4) is 0 Å². The topological polar surface area (TPSA) is 55.1 Å². The Morgan fingerprint density at radius 1 is 1.35 bits per heavy atom. The SMILES string of the molecule is Cl.NC1CCCC(C(=O)NCc2ccc(F)cc2F)C1. The minimum atomic E-state index is -0.638. The predicted molar refractivity (Wildman–Crippen MR) is 75.4 cm³/mol. The normalized spacial score (nSPS) is 21.9. The summed E-state index contributed by atoms with van der Waals surface area (Å²) in [6.07, 6.45) is 3.41. The van der Waals surface area contributed by atoms with Gasteiger partial charge < -0.3 is 11.1 Å². The maximum Gasteiger partial charge on any atom is 0.223 e. The molecule has 0 aromatic heterocycles. The molecule has 0 saturated heterocycles. The number of hydrogen-bond donors (Lipinski definition) is 2. The van der Waals surface area contributed by atoms with Crippen molar-refractivity contribution >= 4 is 18.3 Å². The van der Waals surface area contributed by atoms with Crippen molar-refractivity contribution < 1.29 is 13.6 Å². The first-order valence-electron chi connectivity index (χ1n) is 6.53. The van der Waals surface area contributed by atoms with Gasteiger partial charge in [0.25, 0.3) is 0 Å². The number of rotatable bonds is 3. The summed E-state index contributed by atoms with van der Waals surface area (Å²) in [4.78, 5) is 11.9. The number of nitrogens with two attached hydrogens (primary N) is 1. The Bertz CT molecular complexity index is 470. The Morgan fingerprint density at radius 3 is 2.75 bits per heavy atom. The summed E-state index contributed by atoms with van der Waals surface area (Å²) < 4.78 is 26.1. The van der Waals surface area contributed by atoms with Crippen LogP contribution in [-0.2, 0) is 11.3 Å². The van der Waals surface area contributed by atoms with Crippen LogP contribution in [0.15, 0.2) is 18.2 Å². The molecule has 1 aromatic rings. The smallest absolute Gasteiger partial charge is 0.223 e. The van der Waals surface area contributed by atoms with Gasteiger partial charge >= 0.3 is 0 Å². The summed E-state index contributed by atoms with van der Waals surface area (Å²) in [5, 5.41) is 2.69. The fourth-order valence-electron chi connectivity index (χ4n) is 2.46. The van der Waals surface area contributed by atoms with Crippen molar-refractivity contribution in [1.82, 2.24) is 5.32 Å². The van der Waals surface area contributed by atoms with Crippen molar-refractivity contribution in [2.75, 3.05) is 0 Å². The Morgan fingerprint density at radius 2 is 2.10 bits per heavy atom. The van der Waals surface area contributed by atoms with Crippen LogP contribution in [0.25, 0.3) is 0 Å². The highest BCUT2D eigenvalue weighted by Crippen LogP contribution is 2.23. The number of nitrogens with one attached hydrogen (secondary N) is 1. The molecular formula is C14H19ClF2N2O. The van der Waals surface area contributed by atoms with Crippen molar-refractivity contribution in [2.45, 2.75) is 38.3 Å². The van der Waals surface area contributed by atoms with E-state index in [-0.39, 0.29) is 42.4 Å². The molecule has 2 rings (SSSR count). The third-order valence-corrected chi connectivity index (χ3v) is 3.55. The number of hydrogen-bond acceptors (Lipinski definition) is 2. The highest BCUT2D eigenvalue weighted by molar-refractivity contribution is 5.85. The van der Waals surface area contributed by atoms with Crippen LogP contribution in [0.5, 0.6) is 0 Å². The standard InChI is InChI=1S/C14H18F2N2O.ClH/c15-11-5-4-10(13(16)7-11)8-18-14(19)9-2-1-3-12(17)6-9;/h4-5,7,9,12H,1-3,6,8,17H2,(H,18,19);1H. The minimum absolute atomic E-state index is 0. The lowest BCUT2D eigenvalue weighted by atomic mass is 9.85. The van der Waals surface area contributed by atoms with Gasteiger partial charge in [0.15, 0.2) is 0 Å². The monoisotopic (exact) mass is 304 g/mol. The fourth-order valence-corrected chi connectivity index (χ4v) is 2.46. The number of halogens is 3. The maximum absolute atomic E-state index is 13.4. The number of carbonyl (C=O) groups excluding carboxylic acids is 1. The lowest BCUT2D eigenvalue weighted by molar-refractivity contribution is -0.126. The van der Waals surface area contributed by atoms with E-state index in [1.54, 1.807) is 0 Å². The molecule has 1 saturated carbocycles. The molecule has 3 N–H and O–H groups in total. The zero-order chi connectivity index (χ0) is 13.8. The Balaban J connectivity index is 0.00000200. The molecular weight excluding hydrogens is 286 g/mol. The van der Waals surface area contributed by atoms with Crippen molar-refractivity contribution in [1.29, 1.82) is 0 Å². The van der Waals surface area contributed by atoms with Crippen LogP contribution in [0, 0.1) is 17.6 Å². The van der Waals surface area contributed by atoms with Gasteiger partial charge in [0.1, 0.15) is 11.6 Å². The Kier molecular flexibility index (Phi) is 6.36. The van der Waals surface area contributed by atoms with Gasteiger partial charge in [-0.25, -0.2) is 8.78 Å². The zero-order valence-electron chi connectivity index (χ0n) is 11.1. The quantitative estimate of drug-likeness (QED) is 0.901. The zero-order valence-corrected chi connectivity index (χ0v) is 11.9. The number of carbonyl (C=O) groups is 1. The second-order valence-corrected chi connectivity index (χ2v) is 5.08. The summed E-state index contributed by atoms with van der Waals surface area (Å²) in [6, 6.07) is 3.42. The first-order valence-corrected chi connectivity index (χ1v) is 6.53. The lowest BCUT2D eigenvalue weighted by Gasteiger charge is -2.25. The van der Waals surface area contributed by atoms with Gasteiger partial charge in [-0.2, -0.15) is 0 Å². The van der Waals surface area contributed by atoms with Crippen LogP contribution < -0.4 is 11.1 Å². The van der Waals surface area contributed by atoms with Crippen LogP contribution in [-0.4, -0.2) is 11.9 Å². The van der Waals surface area contributed by atoms with E-state index in [1.165, 1.54) is 12.1 Å². The molecule has 0 spiro atoms. The summed E-state index contributed by atoms with van der Waals surface area (Å²) in [5.41, 5.74) is 6.12. The fraction of sp³-hybridized carbons (Fsp3) is 0.500. The van der Waals surface area contributed by atoms with Crippen molar-refractivity contribution in [3.63, 3.8) is 0 Å². The van der Waals surface area contributed by atoms with E-state index in [2.05, 4.69) is 5.32 Å². The third kappa shape index (κ3) is 4.42. The average molecular weight is 305 g/mol. The van der Waals surface area contributed by atoms with E-state index in [0.29, 0.717) is 6.42 Å². The van der Waals surface area contributed by atoms with Crippen LogP contribution in [0.2, 0.25) is 0 Å². The first kappa shape index (κ1) is 16.9. The van der Waals surface area contributed by atoms with Gasteiger partial charge in [-0.05, 0) is 25.3 Å². The van der Waals surface area contributed by atoms with Gasteiger partial charge in [0.05, 0.1) is 0 Å². The predicted octanol–water partition coefficient (Wildman–Crippen LogP) is 2.52. The van der Waals surface area contributed by atoms with E-state index >= 15 is 0 Å². The highest BCUT2D eigenvalue weighted by atomic mass is 35.5. The third-order valence-electron chi connectivity index (χ3n) is 3.55. The number of amides is 1. The Labute approximate surface area is 123 Å².